The molecule has 0 heterocycles. The van der Waals surface area contributed by atoms with Crippen molar-refractivity contribution in [2.24, 2.45) is 0 Å². The summed E-state index contributed by atoms with van der Waals surface area (Å²) in [4.78, 5) is 0. The SMILES string of the molecule is C=CCP(=O)(CC=C)Oc1ccc(P(=O)(c2ccc(OP(=O)(CC=C)CC=C)cc2)c2ccc(OP(=O)(CC=C)CC=C)cc2)cc1. The Balaban J connectivity index is 2.08. The summed E-state index contributed by atoms with van der Waals surface area (Å²) in [5.74, 6) is 1.08. The van der Waals surface area contributed by atoms with E-state index in [2.05, 4.69) is 39.5 Å². The fourth-order valence-corrected chi connectivity index (χ4v) is 12.2. The van der Waals surface area contributed by atoms with E-state index in [9.17, 15) is 13.7 Å². The maximum Gasteiger partial charge on any atom is 0.255 e. The van der Waals surface area contributed by atoms with Gasteiger partial charge >= 0.3 is 0 Å². The minimum atomic E-state index is -3.54. The van der Waals surface area contributed by atoms with Crippen molar-refractivity contribution in [3.63, 3.8) is 0 Å². The zero-order valence-electron chi connectivity index (χ0n) is 26.5. The van der Waals surface area contributed by atoms with Gasteiger partial charge in [-0.2, -0.15) is 0 Å². The van der Waals surface area contributed by atoms with E-state index in [1.54, 1.807) is 109 Å². The second kappa shape index (κ2) is 17.0. The minimum Gasteiger partial charge on any atom is -0.442 e. The summed E-state index contributed by atoms with van der Waals surface area (Å²) in [6.07, 6.45) is 10.4. The van der Waals surface area contributed by atoms with Crippen molar-refractivity contribution in [3.05, 3.63) is 149 Å². The summed E-state index contributed by atoms with van der Waals surface area (Å²) in [5.41, 5.74) is 0. The van der Waals surface area contributed by atoms with Gasteiger partial charge in [-0.15, -0.1) is 39.5 Å². The molecule has 248 valence electrons. The number of allylic oxidation sites excluding steroid dienone is 6. The summed E-state index contributed by atoms with van der Waals surface area (Å²) >= 11 is 0. The van der Waals surface area contributed by atoms with Gasteiger partial charge < -0.3 is 18.1 Å². The molecule has 0 bridgehead atoms. The van der Waals surface area contributed by atoms with Gasteiger partial charge in [-0.25, -0.2) is 0 Å². The third kappa shape index (κ3) is 9.96. The molecule has 0 unspecified atom stereocenters. The first-order chi connectivity index (χ1) is 22.4. The number of rotatable bonds is 21. The molecule has 0 saturated heterocycles. The van der Waals surface area contributed by atoms with Gasteiger partial charge in [0.15, 0.2) is 7.14 Å². The van der Waals surface area contributed by atoms with Crippen molar-refractivity contribution in [2.45, 2.75) is 0 Å². The Hall–Kier alpha value is -3.58. The Kier molecular flexibility index (Phi) is 13.7. The average molecular weight is 711 g/mol. The van der Waals surface area contributed by atoms with Crippen LogP contribution in [0.1, 0.15) is 0 Å². The Morgan fingerprint density at radius 1 is 0.383 bits per heavy atom. The predicted octanol–water partition coefficient (Wildman–Crippen LogP) is 9.41. The molecule has 47 heavy (non-hydrogen) atoms. The highest BCUT2D eigenvalue weighted by Gasteiger charge is 2.31. The molecule has 7 nitrogen and oxygen atoms in total. The number of benzene rings is 3. The largest absolute Gasteiger partial charge is 0.442 e. The number of hydrogen-bond acceptors (Lipinski definition) is 7. The van der Waals surface area contributed by atoms with Gasteiger partial charge in [0.05, 0.1) is 37.0 Å². The molecule has 3 aromatic rings. The predicted molar refractivity (Wildman–Crippen MR) is 201 cm³/mol. The molecule has 0 amide bonds. The van der Waals surface area contributed by atoms with Crippen LogP contribution in [0.4, 0.5) is 0 Å². The molecule has 0 atom stereocenters. The van der Waals surface area contributed by atoms with Crippen molar-refractivity contribution in [2.75, 3.05) is 37.0 Å². The normalized spacial score (nSPS) is 11.9. The lowest BCUT2D eigenvalue weighted by molar-refractivity contribution is 0.486. The number of hydrogen-bond donors (Lipinski definition) is 0. The van der Waals surface area contributed by atoms with Gasteiger partial charge in [0.2, 0.25) is 0 Å². The van der Waals surface area contributed by atoms with Gasteiger partial charge in [0.25, 0.3) is 22.1 Å². The van der Waals surface area contributed by atoms with Crippen molar-refractivity contribution < 1.29 is 31.8 Å². The molecule has 11 heteroatoms. The van der Waals surface area contributed by atoms with Crippen LogP contribution in [0, 0.1) is 0 Å². The summed E-state index contributed by atoms with van der Waals surface area (Å²) < 4.78 is 72.6. The van der Waals surface area contributed by atoms with E-state index in [4.69, 9.17) is 13.6 Å². The second-order valence-electron chi connectivity index (χ2n) is 10.6. The van der Waals surface area contributed by atoms with Crippen molar-refractivity contribution >= 4 is 45.2 Å². The lowest BCUT2D eigenvalue weighted by atomic mass is 10.3. The first kappa shape index (κ1) is 37.9. The molecule has 0 aromatic heterocycles. The Bertz CT molecular complexity index is 1530. The van der Waals surface area contributed by atoms with Crippen LogP contribution in [0.5, 0.6) is 17.2 Å². The van der Waals surface area contributed by atoms with Gasteiger partial charge in [0, 0.05) is 15.9 Å². The molecule has 3 rings (SSSR count). The van der Waals surface area contributed by atoms with E-state index in [1.165, 1.54) is 0 Å². The summed E-state index contributed by atoms with van der Waals surface area (Å²) in [6.45, 7) is 22.1. The lowest BCUT2D eigenvalue weighted by Crippen LogP contribution is -2.25. The molecule has 0 spiro atoms. The molecule has 0 aliphatic carbocycles. The van der Waals surface area contributed by atoms with Crippen LogP contribution in [0.15, 0.2) is 149 Å². The highest BCUT2D eigenvalue weighted by Crippen LogP contribution is 2.50. The van der Waals surface area contributed by atoms with Gasteiger partial charge in [-0.05, 0) is 72.8 Å². The molecule has 0 radical (unpaired) electrons. The maximum atomic E-state index is 15.3. The van der Waals surface area contributed by atoms with E-state index < -0.39 is 29.2 Å². The minimum absolute atomic E-state index is 0.182. The molecule has 0 N–H and O–H groups in total. The van der Waals surface area contributed by atoms with E-state index >= 15 is 4.57 Å². The molecule has 0 aliphatic heterocycles. The second-order valence-corrected chi connectivity index (χ2v) is 21.0. The van der Waals surface area contributed by atoms with E-state index in [-0.39, 0.29) is 37.0 Å². The van der Waals surface area contributed by atoms with Crippen LogP contribution < -0.4 is 29.5 Å². The molecular formula is C36H42O7P4. The monoisotopic (exact) mass is 710 g/mol. The Morgan fingerprint density at radius 3 is 0.745 bits per heavy atom. The fourth-order valence-electron chi connectivity index (χ4n) is 4.80. The third-order valence-corrected chi connectivity index (χ3v) is 16.5. The maximum absolute atomic E-state index is 15.3. The third-order valence-electron chi connectivity index (χ3n) is 6.86. The Morgan fingerprint density at radius 2 is 0.574 bits per heavy atom. The fraction of sp³-hybridized carbons (Fsp3) is 0.167. The van der Waals surface area contributed by atoms with Crippen LogP contribution in [0.25, 0.3) is 0 Å². The first-order valence-electron chi connectivity index (χ1n) is 14.8. The summed E-state index contributed by atoms with van der Waals surface area (Å²) in [5, 5.41) is 1.47. The quantitative estimate of drug-likeness (QED) is 0.0803. The zero-order chi connectivity index (χ0) is 34.6. The Labute approximate surface area is 279 Å². The van der Waals surface area contributed by atoms with Crippen LogP contribution >= 0.6 is 29.2 Å². The van der Waals surface area contributed by atoms with Crippen molar-refractivity contribution in [1.29, 1.82) is 0 Å². The first-order valence-corrected chi connectivity index (χ1v) is 22.5. The highest BCUT2D eigenvalue weighted by atomic mass is 31.2. The molecular weight excluding hydrogens is 668 g/mol. The molecule has 3 aromatic carbocycles. The molecule has 0 saturated carbocycles. The highest BCUT2D eigenvalue weighted by molar-refractivity contribution is 7.85. The van der Waals surface area contributed by atoms with Crippen LogP contribution in [0.3, 0.4) is 0 Å². The van der Waals surface area contributed by atoms with E-state index in [1.807, 2.05) is 0 Å². The lowest BCUT2D eigenvalue weighted by Gasteiger charge is -2.23. The van der Waals surface area contributed by atoms with E-state index in [0.717, 1.165) is 0 Å². The van der Waals surface area contributed by atoms with Gasteiger partial charge in [-0.3, -0.25) is 13.7 Å². The van der Waals surface area contributed by atoms with Gasteiger partial charge in [-0.1, -0.05) is 36.5 Å². The van der Waals surface area contributed by atoms with Crippen molar-refractivity contribution in [1.82, 2.24) is 0 Å². The van der Waals surface area contributed by atoms with Crippen molar-refractivity contribution in [3.8, 4) is 17.2 Å². The molecule has 0 aliphatic rings. The van der Waals surface area contributed by atoms with E-state index in [0.29, 0.717) is 33.2 Å². The van der Waals surface area contributed by atoms with Crippen LogP contribution in [-0.2, 0) is 18.3 Å². The summed E-state index contributed by atoms with van der Waals surface area (Å²) in [6, 6.07) is 19.9. The topological polar surface area (TPSA) is 96.0 Å². The standard InChI is InChI=1S/C36H42O7P4/c1-7-25-44(37,26-8-2)41-31-13-19-34(20-14-31)47(40,35-21-15-32(16-22-35)42-45(38,27-9-3)28-10-4)36-23-17-33(18-24-36)43-46(39,29-11-5)30-12-6/h7-24H,1-6,25-30H2. The van der Waals surface area contributed by atoms with Gasteiger partial charge in [0.1, 0.15) is 17.2 Å². The van der Waals surface area contributed by atoms with Crippen LogP contribution in [0.2, 0.25) is 0 Å². The summed E-state index contributed by atoms with van der Waals surface area (Å²) in [7, 11) is -12.8. The van der Waals surface area contributed by atoms with Crippen LogP contribution in [-0.4, -0.2) is 37.0 Å². The zero-order valence-corrected chi connectivity index (χ0v) is 30.1. The smallest absolute Gasteiger partial charge is 0.255 e. The molecule has 0 fully saturated rings. The average Bonchev–Trinajstić information content (AvgIpc) is 3.02.